The Balaban J connectivity index is 1.51. The van der Waals surface area contributed by atoms with Gasteiger partial charge in [-0.3, -0.25) is 4.79 Å². The van der Waals surface area contributed by atoms with Crippen molar-refractivity contribution in [2.45, 2.75) is 32.1 Å². The van der Waals surface area contributed by atoms with Gasteiger partial charge in [-0.25, -0.2) is 0 Å². The maximum absolute atomic E-state index is 12.1. The molecule has 1 heterocycles. The molecule has 0 unspecified atom stereocenters. The third-order valence-corrected chi connectivity index (χ3v) is 4.97. The largest absolute Gasteiger partial charge is 0.369 e. The van der Waals surface area contributed by atoms with Crippen LogP contribution in [0.4, 0.5) is 11.4 Å². The Morgan fingerprint density at radius 1 is 1.09 bits per heavy atom. The van der Waals surface area contributed by atoms with E-state index in [4.69, 9.17) is 0 Å². The van der Waals surface area contributed by atoms with Crippen molar-refractivity contribution in [1.82, 2.24) is 4.90 Å². The van der Waals surface area contributed by atoms with E-state index in [2.05, 4.69) is 34.3 Å². The van der Waals surface area contributed by atoms with Crippen LogP contribution in [0, 0.1) is 5.92 Å². The van der Waals surface area contributed by atoms with Crippen LogP contribution in [0.1, 0.15) is 32.1 Å². The molecule has 0 aromatic heterocycles. The normalized spacial score (nSPS) is 20.3. The van der Waals surface area contributed by atoms with Crippen LogP contribution in [0.5, 0.6) is 0 Å². The minimum atomic E-state index is 0.166. The van der Waals surface area contributed by atoms with Crippen LogP contribution in [0.3, 0.4) is 0 Å². The lowest BCUT2D eigenvalue weighted by Gasteiger charge is -2.34. The molecule has 1 aromatic rings. The Bertz CT molecular complexity index is 486. The highest BCUT2D eigenvalue weighted by atomic mass is 16.1. The van der Waals surface area contributed by atoms with Gasteiger partial charge in [0.15, 0.2) is 0 Å². The fourth-order valence-electron chi connectivity index (χ4n) is 3.51. The van der Waals surface area contributed by atoms with Crippen molar-refractivity contribution < 1.29 is 4.79 Å². The first kappa shape index (κ1) is 15.3. The SMILES string of the molecule is CN1CCN(c2ccc(NC(=O)CC3CCCC3)cc2)CC1. The van der Waals surface area contributed by atoms with Crippen LogP contribution in [0.25, 0.3) is 0 Å². The number of piperazine rings is 1. The van der Waals surface area contributed by atoms with Crippen molar-refractivity contribution in [3.8, 4) is 0 Å². The second-order valence-electron chi connectivity index (χ2n) is 6.74. The van der Waals surface area contributed by atoms with E-state index in [1.54, 1.807) is 0 Å². The van der Waals surface area contributed by atoms with Crippen molar-refractivity contribution >= 4 is 17.3 Å². The molecule has 0 atom stereocenters. The summed E-state index contributed by atoms with van der Waals surface area (Å²) in [5.41, 5.74) is 2.17. The summed E-state index contributed by atoms with van der Waals surface area (Å²) in [6, 6.07) is 8.30. The Kier molecular flexibility index (Phi) is 4.98. The molecule has 120 valence electrons. The molecule has 1 amide bonds. The van der Waals surface area contributed by atoms with E-state index >= 15 is 0 Å². The first-order chi connectivity index (χ1) is 10.7. The number of likely N-dealkylation sites (N-methyl/N-ethyl adjacent to an activating group) is 1. The zero-order valence-corrected chi connectivity index (χ0v) is 13.6. The summed E-state index contributed by atoms with van der Waals surface area (Å²) in [4.78, 5) is 16.8. The number of hydrogen-bond donors (Lipinski definition) is 1. The minimum Gasteiger partial charge on any atom is -0.369 e. The molecule has 1 aliphatic heterocycles. The quantitative estimate of drug-likeness (QED) is 0.929. The van der Waals surface area contributed by atoms with Gasteiger partial charge in [0.05, 0.1) is 0 Å². The summed E-state index contributed by atoms with van der Waals surface area (Å²) >= 11 is 0. The number of rotatable bonds is 4. The molecule has 0 radical (unpaired) electrons. The Morgan fingerprint density at radius 3 is 2.36 bits per heavy atom. The molecule has 1 aliphatic carbocycles. The van der Waals surface area contributed by atoms with E-state index in [0.29, 0.717) is 12.3 Å². The number of nitrogens with zero attached hydrogens (tertiary/aromatic N) is 2. The molecule has 2 aliphatic rings. The fourth-order valence-corrected chi connectivity index (χ4v) is 3.51. The van der Waals surface area contributed by atoms with Gasteiger partial charge >= 0.3 is 0 Å². The van der Waals surface area contributed by atoms with Gasteiger partial charge in [-0.2, -0.15) is 0 Å². The predicted octanol–water partition coefficient (Wildman–Crippen LogP) is 2.96. The second kappa shape index (κ2) is 7.14. The second-order valence-corrected chi connectivity index (χ2v) is 6.74. The number of benzene rings is 1. The Hall–Kier alpha value is -1.55. The molecule has 1 aromatic carbocycles. The van der Waals surface area contributed by atoms with Gasteiger partial charge in [0.1, 0.15) is 0 Å². The fraction of sp³-hybridized carbons (Fsp3) is 0.611. The molecular formula is C18H27N3O. The highest BCUT2D eigenvalue weighted by Gasteiger charge is 2.18. The average Bonchev–Trinajstić information content (AvgIpc) is 3.02. The van der Waals surface area contributed by atoms with Gasteiger partial charge < -0.3 is 15.1 Å². The molecule has 0 bridgehead atoms. The molecule has 3 rings (SSSR count). The van der Waals surface area contributed by atoms with Crippen LogP contribution < -0.4 is 10.2 Å². The topological polar surface area (TPSA) is 35.6 Å². The maximum Gasteiger partial charge on any atom is 0.224 e. The first-order valence-corrected chi connectivity index (χ1v) is 8.54. The van der Waals surface area contributed by atoms with Crippen LogP contribution in [0.15, 0.2) is 24.3 Å². The van der Waals surface area contributed by atoms with E-state index < -0.39 is 0 Å². The van der Waals surface area contributed by atoms with E-state index in [1.807, 2.05) is 12.1 Å². The van der Waals surface area contributed by atoms with Crippen molar-refractivity contribution in [1.29, 1.82) is 0 Å². The maximum atomic E-state index is 12.1. The van der Waals surface area contributed by atoms with Gasteiger partial charge in [-0.15, -0.1) is 0 Å². The minimum absolute atomic E-state index is 0.166. The van der Waals surface area contributed by atoms with E-state index in [0.717, 1.165) is 31.9 Å². The van der Waals surface area contributed by atoms with Gasteiger partial charge in [0.25, 0.3) is 0 Å². The van der Waals surface area contributed by atoms with Crippen LogP contribution in [-0.4, -0.2) is 44.0 Å². The third-order valence-electron chi connectivity index (χ3n) is 4.97. The highest BCUT2D eigenvalue weighted by molar-refractivity contribution is 5.91. The van der Waals surface area contributed by atoms with E-state index in [1.165, 1.54) is 31.4 Å². The summed E-state index contributed by atoms with van der Waals surface area (Å²) in [6.45, 7) is 4.37. The summed E-state index contributed by atoms with van der Waals surface area (Å²) in [5, 5.41) is 3.04. The summed E-state index contributed by atoms with van der Waals surface area (Å²) in [5.74, 6) is 0.767. The molecule has 4 nitrogen and oxygen atoms in total. The monoisotopic (exact) mass is 301 g/mol. The van der Waals surface area contributed by atoms with Crippen molar-refractivity contribution in [3.05, 3.63) is 24.3 Å². The zero-order chi connectivity index (χ0) is 15.4. The van der Waals surface area contributed by atoms with Gasteiger partial charge in [0.2, 0.25) is 5.91 Å². The van der Waals surface area contributed by atoms with E-state index in [9.17, 15) is 4.79 Å². The highest BCUT2D eigenvalue weighted by Crippen LogP contribution is 2.28. The molecule has 1 N–H and O–H groups in total. The predicted molar refractivity (Wildman–Crippen MR) is 91.4 cm³/mol. The van der Waals surface area contributed by atoms with E-state index in [-0.39, 0.29) is 5.91 Å². The molecule has 4 heteroatoms. The number of anilines is 2. The molecule has 0 spiro atoms. The smallest absolute Gasteiger partial charge is 0.224 e. The average molecular weight is 301 g/mol. The summed E-state index contributed by atoms with van der Waals surface area (Å²) < 4.78 is 0. The lowest BCUT2D eigenvalue weighted by molar-refractivity contribution is -0.117. The lowest BCUT2D eigenvalue weighted by atomic mass is 10.0. The number of nitrogens with one attached hydrogen (secondary N) is 1. The number of hydrogen-bond acceptors (Lipinski definition) is 3. The first-order valence-electron chi connectivity index (χ1n) is 8.54. The number of carbonyl (C=O) groups is 1. The van der Waals surface area contributed by atoms with Crippen LogP contribution in [0.2, 0.25) is 0 Å². The van der Waals surface area contributed by atoms with Crippen molar-refractivity contribution in [3.63, 3.8) is 0 Å². The Labute approximate surface area is 133 Å². The lowest BCUT2D eigenvalue weighted by Crippen LogP contribution is -2.44. The number of carbonyl (C=O) groups excluding carboxylic acids is 1. The molecule has 2 fully saturated rings. The van der Waals surface area contributed by atoms with Crippen LogP contribution in [-0.2, 0) is 4.79 Å². The standard InChI is InChI=1S/C18H27N3O/c1-20-10-12-21(13-11-20)17-8-6-16(7-9-17)19-18(22)14-15-4-2-3-5-15/h6-9,15H,2-5,10-14H2,1H3,(H,19,22). The zero-order valence-electron chi connectivity index (χ0n) is 13.6. The van der Waals surface area contributed by atoms with Gasteiger partial charge in [-0.1, -0.05) is 12.8 Å². The van der Waals surface area contributed by atoms with Crippen LogP contribution >= 0.6 is 0 Å². The summed E-state index contributed by atoms with van der Waals surface area (Å²) in [7, 11) is 2.17. The van der Waals surface area contributed by atoms with Crippen molar-refractivity contribution in [2.24, 2.45) is 5.92 Å². The third kappa shape index (κ3) is 4.01. The van der Waals surface area contributed by atoms with Gasteiger partial charge in [0, 0.05) is 44.0 Å². The molecule has 22 heavy (non-hydrogen) atoms. The molecule has 1 saturated heterocycles. The Morgan fingerprint density at radius 2 is 1.73 bits per heavy atom. The molecular weight excluding hydrogens is 274 g/mol. The van der Waals surface area contributed by atoms with Crippen molar-refractivity contribution in [2.75, 3.05) is 43.4 Å². The van der Waals surface area contributed by atoms with Gasteiger partial charge in [-0.05, 0) is 50.1 Å². The molecule has 1 saturated carbocycles. The summed E-state index contributed by atoms with van der Waals surface area (Å²) in [6.07, 6.45) is 5.70. The number of amides is 1.